The highest BCUT2D eigenvalue weighted by molar-refractivity contribution is 7.16. The van der Waals surface area contributed by atoms with Crippen molar-refractivity contribution in [3.63, 3.8) is 0 Å². The highest BCUT2D eigenvalue weighted by Crippen LogP contribution is 2.42. The zero-order chi connectivity index (χ0) is 23.7. The van der Waals surface area contributed by atoms with Gasteiger partial charge in [0.15, 0.2) is 5.84 Å². The third-order valence-corrected chi connectivity index (χ3v) is 6.97. The fourth-order valence-corrected chi connectivity index (χ4v) is 5.05. The second kappa shape index (κ2) is 9.27. The number of aliphatic imine (C=N–C) groups is 1. The lowest BCUT2D eigenvalue weighted by Crippen LogP contribution is -2.53. The average molecular weight is 488 g/mol. The number of nitrogens with one attached hydrogen (secondary N) is 2. The number of alkyl halides is 3. The molecule has 0 aliphatic carbocycles. The Bertz CT molecular complexity index is 1190. The van der Waals surface area contributed by atoms with Crippen LogP contribution in [0.2, 0.25) is 0 Å². The Morgan fingerprint density at radius 2 is 1.94 bits per heavy atom. The van der Waals surface area contributed by atoms with Crippen LogP contribution in [0.5, 0.6) is 5.75 Å². The smallest absolute Gasteiger partial charge is 0.443 e. The van der Waals surface area contributed by atoms with Gasteiger partial charge in [-0.3, -0.25) is 0 Å². The van der Waals surface area contributed by atoms with Gasteiger partial charge in [-0.25, -0.2) is 9.98 Å². The van der Waals surface area contributed by atoms with Crippen molar-refractivity contribution in [1.82, 2.24) is 15.2 Å². The molecule has 2 aliphatic rings. The number of aromatic nitrogens is 1. The summed E-state index contributed by atoms with van der Waals surface area (Å²) in [7, 11) is 1.64. The molecule has 178 valence electrons. The van der Waals surface area contributed by atoms with Gasteiger partial charge in [0.25, 0.3) is 0 Å². The normalized spacial score (nSPS) is 17.8. The van der Waals surface area contributed by atoms with Crippen LogP contribution in [-0.4, -0.2) is 48.5 Å². The topological polar surface area (TPSA) is 61.8 Å². The maximum Gasteiger partial charge on any atom is 0.443 e. The van der Waals surface area contributed by atoms with Gasteiger partial charge in [0.05, 0.1) is 18.5 Å². The van der Waals surface area contributed by atoms with Crippen molar-refractivity contribution in [2.24, 2.45) is 4.99 Å². The number of fused-ring (bicyclic) bond motifs is 2. The van der Waals surface area contributed by atoms with Gasteiger partial charge < -0.3 is 20.3 Å². The maximum absolute atomic E-state index is 13.5. The number of ether oxygens (including phenoxy) is 1. The van der Waals surface area contributed by atoms with E-state index in [-0.39, 0.29) is 11.7 Å². The van der Waals surface area contributed by atoms with Gasteiger partial charge in [0.2, 0.25) is 5.01 Å². The summed E-state index contributed by atoms with van der Waals surface area (Å²) in [5.74, 6) is 1.30. The van der Waals surface area contributed by atoms with Crippen LogP contribution in [-0.2, 0) is 12.6 Å². The number of hydrogen-bond acceptors (Lipinski definition) is 7. The van der Waals surface area contributed by atoms with Crippen LogP contribution < -0.4 is 15.4 Å². The van der Waals surface area contributed by atoms with Crippen molar-refractivity contribution < 1.29 is 17.9 Å². The largest absolute Gasteiger partial charge is 0.497 e. The molecule has 5 rings (SSSR count). The zero-order valence-corrected chi connectivity index (χ0v) is 19.3. The van der Waals surface area contributed by atoms with Gasteiger partial charge in [-0.05, 0) is 42.7 Å². The number of benzene rings is 2. The molecule has 0 bridgehead atoms. The van der Waals surface area contributed by atoms with Crippen molar-refractivity contribution in [3.05, 3.63) is 64.8 Å². The molecule has 1 atom stereocenters. The molecule has 10 heteroatoms. The molecule has 2 aliphatic heterocycles. The van der Waals surface area contributed by atoms with E-state index in [1.807, 2.05) is 36.4 Å². The molecule has 6 nitrogen and oxygen atoms in total. The third kappa shape index (κ3) is 4.74. The number of anilines is 2. The lowest BCUT2D eigenvalue weighted by molar-refractivity contribution is -0.137. The number of thiazole rings is 1. The van der Waals surface area contributed by atoms with Crippen LogP contribution in [0.15, 0.2) is 53.5 Å². The lowest BCUT2D eigenvalue weighted by atomic mass is 10.0. The van der Waals surface area contributed by atoms with Crippen LogP contribution in [0.25, 0.3) is 0 Å². The second-order valence-corrected chi connectivity index (χ2v) is 9.25. The first-order valence-electron chi connectivity index (χ1n) is 11.0. The van der Waals surface area contributed by atoms with Crippen LogP contribution in [0.1, 0.15) is 22.7 Å². The number of halogens is 3. The Labute approximate surface area is 199 Å². The van der Waals surface area contributed by atoms with Gasteiger partial charge in [0.1, 0.15) is 16.4 Å². The fraction of sp³-hybridized carbons (Fsp3) is 0.333. The molecule has 0 spiro atoms. The fourth-order valence-electron chi connectivity index (χ4n) is 4.21. The standard InChI is InChI=1S/C24H24F3N5OS/c1-33-17-10-7-15(8-11-17)6-9-16-14-32(13-12-28-16)21-20-22(34-23(31-20)24(25,26)27)30-19-5-3-2-4-18(19)29-21/h2-5,7-8,10-11,16,28,30H,6,9,12-14H2,1H3. The average Bonchev–Trinajstić information content (AvgIpc) is 3.20. The molecule has 34 heavy (non-hydrogen) atoms. The van der Waals surface area contributed by atoms with Gasteiger partial charge in [-0.1, -0.05) is 35.6 Å². The summed E-state index contributed by atoms with van der Waals surface area (Å²) in [5.41, 5.74) is 2.82. The molecule has 0 saturated carbocycles. The number of para-hydroxylation sites is 2. The molecule has 2 N–H and O–H groups in total. The first-order valence-corrected chi connectivity index (χ1v) is 11.9. The lowest BCUT2D eigenvalue weighted by Gasteiger charge is -2.35. The van der Waals surface area contributed by atoms with E-state index in [1.165, 1.54) is 5.56 Å². The molecule has 1 aromatic heterocycles. The molecule has 2 aromatic carbocycles. The van der Waals surface area contributed by atoms with E-state index >= 15 is 0 Å². The van der Waals surface area contributed by atoms with Crippen molar-refractivity contribution in [2.45, 2.75) is 25.1 Å². The summed E-state index contributed by atoms with van der Waals surface area (Å²) in [6, 6.07) is 15.5. The van der Waals surface area contributed by atoms with Gasteiger partial charge >= 0.3 is 6.18 Å². The zero-order valence-electron chi connectivity index (χ0n) is 18.5. The Balaban J connectivity index is 1.39. The Morgan fingerprint density at radius 3 is 2.71 bits per heavy atom. The number of aryl methyl sites for hydroxylation is 1. The number of hydrogen-bond donors (Lipinski definition) is 2. The van der Waals surface area contributed by atoms with Crippen molar-refractivity contribution in [3.8, 4) is 5.75 Å². The van der Waals surface area contributed by atoms with E-state index in [2.05, 4.69) is 32.7 Å². The number of rotatable bonds is 4. The molecule has 0 amide bonds. The predicted molar refractivity (Wildman–Crippen MR) is 128 cm³/mol. The maximum atomic E-state index is 13.5. The predicted octanol–water partition coefficient (Wildman–Crippen LogP) is 5.21. The minimum Gasteiger partial charge on any atom is -0.497 e. The van der Waals surface area contributed by atoms with Gasteiger partial charge in [-0.2, -0.15) is 13.2 Å². The summed E-state index contributed by atoms with van der Waals surface area (Å²) in [6.45, 7) is 1.99. The van der Waals surface area contributed by atoms with Crippen LogP contribution in [0.4, 0.5) is 29.5 Å². The van der Waals surface area contributed by atoms with Crippen LogP contribution >= 0.6 is 11.3 Å². The molecular formula is C24H24F3N5OS. The molecule has 1 unspecified atom stereocenters. The van der Waals surface area contributed by atoms with E-state index in [4.69, 9.17) is 9.73 Å². The van der Waals surface area contributed by atoms with E-state index < -0.39 is 11.2 Å². The summed E-state index contributed by atoms with van der Waals surface area (Å²) in [6.07, 6.45) is -2.73. The summed E-state index contributed by atoms with van der Waals surface area (Å²) in [5, 5.41) is 6.15. The highest BCUT2D eigenvalue weighted by atomic mass is 32.1. The van der Waals surface area contributed by atoms with E-state index in [0.717, 1.165) is 18.6 Å². The SMILES string of the molecule is COc1ccc(CCC2CN(C3=Nc4ccccc4Nc4sc(C(F)(F)F)nc43)CCN2)cc1. The number of piperazine rings is 1. The van der Waals surface area contributed by atoms with Crippen LogP contribution in [0, 0.1) is 0 Å². The summed E-state index contributed by atoms with van der Waals surface area (Å²) >= 11 is 0.618. The Morgan fingerprint density at radius 1 is 1.15 bits per heavy atom. The van der Waals surface area contributed by atoms with Crippen molar-refractivity contribution >= 4 is 33.5 Å². The Hall–Kier alpha value is -3.11. The first kappa shape index (κ1) is 22.7. The molecule has 1 saturated heterocycles. The van der Waals surface area contributed by atoms with E-state index in [9.17, 15) is 13.2 Å². The minimum absolute atomic E-state index is 0.175. The van der Waals surface area contributed by atoms with Crippen molar-refractivity contribution in [1.29, 1.82) is 0 Å². The second-order valence-electron chi connectivity index (χ2n) is 8.26. The summed E-state index contributed by atoms with van der Waals surface area (Å²) in [4.78, 5) is 10.8. The third-order valence-electron chi connectivity index (χ3n) is 5.96. The monoisotopic (exact) mass is 487 g/mol. The molecule has 0 radical (unpaired) electrons. The van der Waals surface area contributed by atoms with Crippen LogP contribution in [0.3, 0.4) is 0 Å². The molecule has 3 heterocycles. The first-order chi connectivity index (χ1) is 16.4. The Kier molecular flexibility index (Phi) is 6.18. The minimum atomic E-state index is -4.51. The van der Waals surface area contributed by atoms with Crippen molar-refractivity contribution in [2.75, 3.05) is 32.1 Å². The number of nitrogens with zero attached hydrogens (tertiary/aromatic N) is 3. The number of methoxy groups -OCH3 is 1. The molecule has 1 fully saturated rings. The highest BCUT2D eigenvalue weighted by Gasteiger charge is 2.38. The van der Waals surface area contributed by atoms with Gasteiger partial charge in [-0.15, -0.1) is 0 Å². The molecular weight excluding hydrogens is 463 g/mol. The number of amidine groups is 1. The van der Waals surface area contributed by atoms with E-state index in [0.29, 0.717) is 53.2 Å². The van der Waals surface area contributed by atoms with E-state index in [1.54, 1.807) is 7.11 Å². The van der Waals surface area contributed by atoms with Gasteiger partial charge in [0, 0.05) is 25.7 Å². The quantitative estimate of drug-likeness (QED) is 0.529. The molecule has 3 aromatic rings. The summed E-state index contributed by atoms with van der Waals surface area (Å²) < 4.78 is 45.6.